The third-order valence-corrected chi connectivity index (χ3v) is 4.54. The van der Waals surface area contributed by atoms with Crippen LogP contribution < -0.4 is 10.2 Å². The number of benzene rings is 2. The van der Waals surface area contributed by atoms with Crippen LogP contribution in [0.4, 0.5) is 28.7 Å². The first kappa shape index (κ1) is 21.3. The van der Waals surface area contributed by atoms with Gasteiger partial charge in [-0.25, -0.2) is 14.8 Å². The molecule has 0 unspecified atom stereocenters. The van der Waals surface area contributed by atoms with Crippen LogP contribution in [0.5, 0.6) is 0 Å². The second-order valence-electron chi connectivity index (χ2n) is 6.00. The number of methoxy groups -OCH3 is 1. The molecule has 1 heterocycles. The summed E-state index contributed by atoms with van der Waals surface area (Å²) >= 11 is 12.0. The average molecular weight is 448 g/mol. The minimum absolute atomic E-state index is 0.0259. The number of rotatable bonds is 6. The van der Waals surface area contributed by atoms with E-state index < -0.39 is 16.6 Å². The Morgan fingerprint density at radius 1 is 1.17 bits per heavy atom. The quantitative estimate of drug-likeness (QED) is 0.319. The van der Waals surface area contributed by atoms with E-state index in [-0.39, 0.29) is 17.2 Å². The van der Waals surface area contributed by atoms with Gasteiger partial charge in [0.1, 0.15) is 6.33 Å². The summed E-state index contributed by atoms with van der Waals surface area (Å²) in [5.74, 6) is -0.672. The third kappa shape index (κ3) is 4.42. The lowest BCUT2D eigenvalue weighted by molar-refractivity contribution is -0.383. The zero-order valence-electron chi connectivity index (χ0n) is 15.8. The second kappa shape index (κ2) is 8.93. The lowest BCUT2D eigenvalue weighted by atomic mass is 10.1. The Labute approximate surface area is 181 Å². The van der Waals surface area contributed by atoms with Crippen molar-refractivity contribution in [3.05, 3.63) is 74.5 Å². The van der Waals surface area contributed by atoms with Gasteiger partial charge in [-0.15, -0.1) is 0 Å². The number of halogens is 2. The zero-order chi connectivity index (χ0) is 21.8. The normalized spacial score (nSPS) is 10.4. The maximum Gasteiger partial charge on any atom is 0.354 e. The van der Waals surface area contributed by atoms with Crippen LogP contribution in [0.3, 0.4) is 0 Å². The van der Waals surface area contributed by atoms with E-state index in [0.29, 0.717) is 21.4 Å². The SMILES string of the molecule is COC(=O)c1ccccc1N(C)c1ncnc(Nc2cc(Cl)cc(Cl)c2)c1[N+](=O)[O-]. The molecule has 11 heteroatoms. The summed E-state index contributed by atoms with van der Waals surface area (Å²) in [7, 11) is 2.81. The number of anilines is 4. The van der Waals surface area contributed by atoms with Crippen molar-refractivity contribution >= 4 is 57.9 Å². The molecular formula is C19H15Cl2N5O4. The van der Waals surface area contributed by atoms with Gasteiger partial charge < -0.3 is 15.0 Å². The highest BCUT2D eigenvalue weighted by Gasteiger charge is 2.28. The Morgan fingerprint density at radius 2 is 1.83 bits per heavy atom. The number of aromatic nitrogens is 2. The van der Waals surface area contributed by atoms with Crippen molar-refractivity contribution in [2.45, 2.75) is 0 Å². The monoisotopic (exact) mass is 447 g/mol. The minimum atomic E-state index is -0.610. The van der Waals surface area contributed by atoms with E-state index in [0.717, 1.165) is 0 Å². The molecule has 0 aliphatic heterocycles. The van der Waals surface area contributed by atoms with E-state index >= 15 is 0 Å². The summed E-state index contributed by atoms with van der Waals surface area (Å²) in [4.78, 5) is 32.9. The van der Waals surface area contributed by atoms with Gasteiger partial charge in [0, 0.05) is 22.8 Å². The molecule has 0 saturated carbocycles. The van der Waals surface area contributed by atoms with Crippen molar-refractivity contribution in [1.82, 2.24) is 9.97 Å². The van der Waals surface area contributed by atoms with Gasteiger partial charge in [-0.05, 0) is 30.3 Å². The topological polar surface area (TPSA) is 110 Å². The second-order valence-corrected chi connectivity index (χ2v) is 6.88. The first-order valence-corrected chi connectivity index (χ1v) is 9.21. The average Bonchev–Trinajstić information content (AvgIpc) is 2.71. The fourth-order valence-corrected chi connectivity index (χ4v) is 3.33. The van der Waals surface area contributed by atoms with Crippen molar-refractivity contribution < 1.29 is 14.5 Å². The molecule has 0 saturated heterocycles. The smallest absolute Gasteiger partial charge is 0.354 e. The van der Waals surface area contributed by atoms with Crippen LogP contribution in [0.2, 0.25) is 10.0 Å². The zero-order valence-corrected chi connectivity index (χ0v) is 17.3. The summed E-state index contributed by atoms with van der Waals surface area (Å²) in [6.07, 6.45) is 1.17. The van der Waals surface area contributed by atoms with E-state index in [4.69, 9.17) is 27.9 Å². The van der Waals surface area contributed by atoms with E-state index in [9.17, 15) is 14.9 Å². The van der Waals surface area contributed by atoms with Gasteiger partial charge in [-0.1, -0.05) is 35.3 Å². The Hall–Kier alpha value is -3.43. The summed E-state index contributed by atoms with van der Waals surface area (Å²) in [6, 6.07) is 11.2. The van der Waals surface area contributed by atoms with Crippen LogP contribution in [-0.4, -0.2) is 35.0 Å². The predicted molar refractivity (Wildman–Crippen MR) is 114 cm³/mol. The van der Waals surface area contributed by atoms with Crippen molar-refractivity contribution in [2.75, 3.05) is 24.4 Å². The Kier molecular flexibility index (Phi) is 6.34. The van der Waals surface area contributed by atoms with Gasteiger partial charge in [0.15, 0.2) is 0 Å². The number of para-hydroxylation sites is 1. The lowest BCUT2D eigenvalue weighted by Crippen LogP contribution is -2.18. The van der Waals surface area contributed by atoms with Crippen LogP contribution in [-0.2, 0) is 4.74 Å². The molecule has 9 nitrogen and oxygen atoms in total. The van der Waals surface area contributed by atoms with Crippen molar-refractivity contribution in [3.8, 4) is 0 Å². The molecule has 30 heavy (non-hydrogen) atoms. The highest BCUT2D eigenvalue weighted by Crippen LogP contribution is 2.37. The molecule has 154 valence electrons. The van der Waals surface area contributed by atoms with Crippen molar-refractivity contribution in [1.29, 1.82) is 0 Å². The minimum Gasteiger partial charge on any atom is -0.465 e. The number of carbonyl (C=O) groups excluding carboxylic acids is 1. The molecule has 0 radical (unpaired) electrons. The molecule has 0 atom stereocenters. The number of carbonyl (C=O) groups is 1. The van der Waals surface area contributed by atoms with Gasteiger partial charge in [-0.2, -0.15) is 0 Å². The fraction of sp³-hybridized carbons (Fsp3) is 0.105. The summed E-state index contributed by atoms with van der Waals surface area (Å²) in [6.45, 7) is 0. The Morgan fingerprint density at radius 3 is 2.47 bits per heavy atom. The summed E-state index contributed by atoms with van der Waals surface area (Å²) in [5.41, 5.74) is 0.628. The highest BCUT2D eigenvalue weighted by atomic mass is 35.5. The fourth-order valence-electron chi connectivity index (χ4n) is 2.80. The Bertz CT molecular complexity index is 1110. The Balaban J connectivity index is 2.10. The molecular weight excluding hydrogens is 433 g/mol. The van der Waals surface area contributed by atoms with Crippen LogP contribution >= 0.6 is 23.2 Å². The number of esters is 1. The third-order valence-electron chi connectivity index (χ3n) is 4.10. The number of ether oxygens (including phenoxy) is 1. The van der Waals surface area contributed by atoms with Gasteiger partial charge >= 0.3 is 11.7 Å². The van der Waals surface area contributed by atoms with Gasteiger partial charge in [0.25, 0.3) is 0 Å². The summed E-state index contributed by atoms with van der Waals surface area (Å²) in [5, 5.41) is 15.4. The van der Waals surface area contributed by atoms with Crippen molar-refractivity contribution in [3.63, 3.8) is 0 Å². The molecule has 0 amide bonds. The van der Waals surface area contributed by atoms with Crippen LogP contribution in [0.1, 0.15) is 10.4 Å². The number of nitrogens with zero attached hydrogens (tertiary/aromatic N) is 4. The number of nitro groups is 1. The molecule has 0 bridgehead atoms. The van der Waals surface area contributed by atoms with Crippen LogP contribution in [0, 0.1) is 10.1 Å². The van der Waals surface area contributed by atoms with E-state index in [1.165, 1.54) is 24.4 Å². The van der Waals surface area contributed by atoms with Gasteiger partial charge in [0.05, 0.1) is 23.3 Å². The number of hydrogen-bond acceptors (Lipinski definition) is 8. The summed E-state index contributed by atoms with van der Waals surface area (Å²) < 4.78 is 4.80. The van der Waals surface area contributed by atoms with E-state index in [1.54, 1.807) is 43.4 Å². The predicted octanol–water partition coefficient (Wildman–Crippen LogP) is 4.99. The molecule has 2 aromatic carbocycles. The van der Waals surface area contributed by atoms with E-state index in [2.05, 4.69) is 15.3 Å². The molecule has 1 aromatic heterocycles. The molecule has 0 aliphatic rings. The first-order chi connectivity index (χ1) is 14.3. The number of hydrogen-bond donors (Lipinski definition) is 1. The maximum absolute atomic E-state index is 12.1. The maximum atomic E-state index is 12.1. The van der Waals surface area contributed by atoms with Gasteiger partial charge in [0.2, 0.25) is 11.6 Å². The van der Waals surface area contributed by atoms with Gasteiger partial charge in [-0.3, -0.25) is 10.1 Å². The molecule has 0 spiro atoms. The largest absolute Gasteiger partial charge is 0.465 e. The van der Waals surface area contributed by atoms with Crippen LogP contribution in [0.25, 0.3) is 0 Å². The van der Waals surface area contributed by atoms with Crippen LogP contribution in [0.15, 0.2) is 48.8 Å². The molecule has 1 N–H and O–H groups in total. The molecule has 3 rings (SSSR count). The van der Waals surface area contributed by atoms with Crippen molar-refractivity contribution in [2.24, 2.45) is 0 Å². The lowest BCUT2D eigenvalue weighted by Gasteiger charge is -2.21. The van der Waals surface area contributed by atoms with E-state index in [1.807, 2.05) is 0 Å². The molecule has 0 fully saturated rings. The molecule has 0 aliphatic carbocycles. The molecule has 3 aromatic rings. The standard InChI is InChI=1S/C19H15Cl2N5O4/c1-25(15-6-4-3-5-14(15)19(27)30-2)18-16(26(28)29)17(22-10-23-18)24-13-8-11(20)7-12(21)9-13/h3-10H,1-2H3,(H,22,23,24). The highest BCUT2D eigenvalue weighted by molar-refractivity contribution is 6.35. The first-order valence-electron chi connectivity index (χ1n) is 8.45. The number of nitrogens with one attached hydrogen (secondary N) is 1.